The van der Waals surface area contributed by atoms with Crippen LogP contribution in [0.15, 0.2) is 18.2 Å². The van der Waals surface area contributed by atoms with Crippen LogP contribution in [0.3, 0.4) is 0 Å². The molecule has 1 saturated carbocycles. The van der Waals surface area contributed by atoms with E-state index in [1.54, 1.807) is 6.07 Å². The van der Waals surface area contributed by atoms with E-state index < -0.39 is 4.92 Å². The van der Waals surface area contributed by atoms with Gasteiger partial charge in [0.25, 0.3) is 5.69 Å². The molecule has 0 aliphatic heterocycles. The van der Waals surface area contributed by atoms with Gasteiger partial charge in [-0.25, -0.2) is 0 Å². The average Bonchev–Trinajstić information content (AvgIpc) is 3.16. The van der Waals surface area contributed by atoms with E-state index in [1.807, 2.05) is 6.07 Å². The third kappa shape index (κ3) is 3.01. The van der Waals surface area contributed by atoms with Crippen LogP contribution < -0.4 is 5.32 Å². The summed E-state index contributed by atoms with van der Waals surface area (Å²) in [5.74, 6) is 0. The molecule has 0 heterocycles. The van der Waals surface area contributed by atoms with Gasteiger partial charge in [0.1, 0.15) is 11.6 Å². The van der Waals surface area contributed by atoms with Gasteiger partial charge < -0.3 is 10.4 Å². The number of nitro benzene ring substituents is 1. The number of nitro groups is 1. The van der Waals surface area contributed by atoms with E-state index in [-0.39, 0.29) is 23.3 Å². The molecule has 1 aromatic carbocycles. The predicted octanol–water partition coefficient (Wildman–Crippen LogP) is 2.04. The molecule has 19 heavy (non-hydrogen) atoms. The number of aliphatic hydroxyl groups is 1. The van der Waals surface area contributed by atoms with Gasteiger partial charge in [-0.15, -0.1) is 0 Å². The highest BCUT2D eigenvalue weighted by molar-refractivity contribution is 5.58. The van der Waals surface area contributed by atoms with Crippen LogP contribution in [0.5, 0.6) is 0 Å². The van der Waals surface area contributed by atoms with Gasteiger partial charge in [0.05, 0.1) is 4.92 Å². The zero-order valence-electron chi connectivity index (χ0n) is 10.4. The van der Waals surface area contributed by atoms with E-state index in [2.05, 4.69) is 5.32 Å². The van der Waals surface area contributed by atoms with Crippen molar-refractivity contribution in [1.82, 2.24) is 0 Å². The molecule has 0 aromatic heterocycles. The first-order chi connectivity index (χ1) is 9.10. The Bertz CT molecular complexity index is 532. The molecule has 0 atom stereocenters. The zero-order chi connectivity index (χ0) is 13.9. The summed E-state index contributed by atoms with van der Waals surface area (Å²) in [4.78, 5) is 10.2. The van der Waals surface area contributed by atoms with Gasteiger partial charge >= 0.3 is 0 Å². The standard InChI is InChI=1S/C13H15N3O3/c14-8-10-7-11(1-2-12(10)16(18)19)15-9-13(3-4-13)5-6-17/h1-2,7,15,17H,3-6,9H2. The van der Waals surface area contributed by atoms with Crippen LogP contribution in [0.4, 0.5) is 11.4 Å². The summed E-state index contributed by atoms with van der Waals surface area (Å²) in [5.41, 5.74) is 0.737. The summed E-state index contributed by atoms with van der Waals surface area (Å²) in [6.07, 6.45) is 2.93. The summed E-state index contributed by atoms with van der Waals surface area (Å²) in [7, 11) is 0. The number of nitriles is 1. The summed E-state index contributed by atoms with van der Waals surface area (Å²) < 4.78 is 0. The van der Waals surface area contributed by atoms with Crippen molar-refractivity contribution in [3.05, 3.63) is 33.9 Å². The van der Waals surface area contributed by atoms with Crippen LogP contribution >= 0.6 is 0 Å². The Hall–Kier alpha value is -2.13. The highest BCUT2D eigenvalue weighted by Crippen LogP contribution is 2.48. The Kier molecular flexibility index (Phi) is 3.67. The van der Waals surface area contributed by atoms with E-state index in [0.717, 1.165) is 25.8 Å². The quantitative estimate of drug-likeness (QED) is 0.603. The number of benzene rings is 1. The number of anilines is 1. The van der Waals surface area contributed by atoms with Crippen molar-refractivity contribution in [1.29, 1.82) is 5.26 Å². The number of rotatable bonds is 6. The van der Waals surface area contributed by atoms with Crippen LogP contribution in [0, 0.1) is 26.9 Å². The van der Waals surface area contributed by atoms with Crippen LogP contribution in [0.1, 0.15) is 24.8 Å². The van der Waals surface area contributed by atoms with Gasteiger partial charge in [-0.1, -0.05) is 0 Å². The Balaban J connectivity index is 2.06. The maximum Gasteiger partial charge on any atom is 0.287 e. The second-order valence-corrected chi connectivity index (χ2v) is 4.93. The number of aliphatic hydroxyl groups excluding tert-OH is 1. The maximum absolute atomic E-state index is 10.7. The Morgan fingerprint density at radius 1 is 1.53 bits per heavy atom. The average molecular weight is 261 g/mol. The fraction of sp³-hybridized carbons (Fsp3) is 0.462. The van der Waals surface area contributed by atoms with E-state index >= 15 is 0 Å². The van der Waals surface area contributed by atoms with Gasteiger partial charge in [0.2, 0.25) is 0 Å². The van der Waals surface area contributed by atoms with Crippen molar-refractivity contribution in [3.63, 3.8) is 0 Å². The van der Waals surface area contributed by atoms with Crippen molar-refractivity contribution in [2.24, 2.45) is 5.41 Å². The van der Waals surface area contributed by atoms with Crippen molar-refractivity contribution < 1.29 is 10.0 Å². The molecule has 0 unspecified atom stereocenters. The fourth-order valence-electron chi connectivity index (χ4n) is 2.11. The van der Waals surface area contributed by atoms with Gasteiger partial charge in [-0.2, -0.15) is 5.26 Å². The Labute approximate surface area is 110 Å². The molecule has 6 nitrogen and oxygen atoms in total. The van der Waals surface area contributed by atoms with E-state index in [4.69, 9.17) is 10.4 Å². The largest absolute Gasteiger partial charge is 0.396 e. The van der Waals surface area contributed by atoms with Gasteiger partial charge in [0.15, 0.2) is 0 Å². The molecule has 0 spiro atoms. The molecule has 6 heteroatoms. The van der Waals surface area contributed by atoms with E-state index in [1.165, 1.54) is 12.1 Å². The molecular weight excluding hydrogens is 246 g/mol. The minimum atomic E-state index is -0.559. The third-order valence-corrected chi connectivity index (χ3v) is 3.58. The normalized spacial score (nSPS) is 15.6. The minimum absolute atomic E-state index is 0.0574. The molecule has 0 amide bonds. The number of hydrogen-bond acceptors (Lipinski definition) is 5. The van der Waals surface area contributed by atoms with Gasteiger partial charge in [-0.3, -0.25) is 10.1 Å². The monoisotopic (exact) mass is 261 g/mol. The molecule has 0 bridgehead atoms. The molecule has 0 saturated heterocycles. The first-order valence-corrected chi connectivity index (χ1v) is 6.13. The number of nitrogens with one attached hydrogen (secondary N) is 1. The van der Waals surface area contributed by atoms with Crippen molar-refractivity contribution in [2.45, 2.75) is 19.3 Å². The lowest BCUT2D eigenvalue weighted by atomic mass is 10.0. The van der Waals surface area contributed by atoms with Crippen molar-refractivity contribution in [3.8, 4) is 6.07 Å². The minimum Gasteiger partial charge on any atom is -0.396 e. The molecule has 1 fully saturated rings. The van der Waals surface area contributed by atoms with Crippen LogP contribution in [-0.4, -0.2) is 23.2 Å². The zero-order valence-corrected chi connectivity index (χ0v) is 10.4. The molecule has 0 radical (unpaired) electrons. The van der Waals surface area contributed by atoms with Crippen molar-refractivity contribution >= 4 is 11.4 Å². The number of nitrogens with zero attached hydrogens (tertiary/aromatic N) is 2. The summed E-state index contributed by atoms with van der Waals surface area (Å²) in [6, 6.07) is 6.27. The SMILES string of the molecule is N#Cc1cc(NCC2(CCO)CC2)ccc1[N+](=O)[O-]. The maximum atomic E-state index is 10.7. The Morgan fingerprint density at radius 2 is 2.26 bits per heavy atom. The lowest BCUT2D eigenvalue weighted by Crippen LogP contribution is -2.16. The first kappa shape index (κ1) is 13.3. The molecule has 2 N–H and O–H groups in total. The van der Waals surface area contributed by atoms with Gasteiger partial charge in [-0.05, 0) is 36.8 Å². The van der Waals surface area contributed by atoms with E-state index in [9.17, 15) is 10.1 Å². The molecular formula is C13H15N3O3. The molecule has 1 aromatic rings. The second-order valence-electron chi connectivity index (χ2n) is 4.93. The summed E-state index contributed by atoms with van der Waals surface area (Å²) in [5, 5.41) is 31.8. The molecule has 1 aliphatic carbocycles. The fourth-order valence-corrected chi connectivity index (χ4v) is 2.11. The van der Waals surface area contributed by atoms with E-state index in [0.29, 0.717) is 5.69 Å². The first-order valence-electron chi connectivity index (χ1n) is 6.13. The van der Waals surface area contributed by atoms with Crippen LogP contribution in [-0.2, 0) is 0 Å². The molecule has 1 aliphatic rings. The smallest absolute Gasteiger partial charge is 0.287 e. The van der Waals surface area contributed by atoms with Crippen molar-refractivity contribution in [2.75, 3.05) is 18.5 Å². The highest BCUT2D eigenvalue weighted by Gasteiger charge is 2.41. The number of hydrogen-bond donors (Lipinski definition) is 2. The lowest BCUT2D eigenvalue weighted by molar-refractivity contribution is -0.385. The Morgan fingerprint density at radius 3 is 2.79 bits per heavy atom. The summed E-state index contributed by atoms with van der Waals surface area (Å²) in [6.45, 7) is 0.891. The summed E-state index contributed by atoms with van der Waals surface area (Å²) >= 11 is 0. The topological polar surface area (TPSA) is 99.2 Å². The van der Waals surface area contributed by atoms with Crippen LogP contribution in [0.2, 0.25) is 0 Å². The lowest BCUT2D eigenvalue weighted by Gasteiger charge is -2.15. The van der Waals surface area contributed by atoms with Gasteiger partial charge in [0, 0.05) is 24.9 Å². The predicted molar refractivity (Wildman–Crippen MR) is 69.7 cm³/mol. The third-order valence-electron chi connectivity index (χ3n) is 3.58. The van der Waals surface area contributed by atoms with Crippen LogP contribution in [0.25, 0.3) is 0 Å². The molecule has 100 valence electrons. The molecule has 2 rings (SSSR count). The second kappa shape index (κ2) is 5.24. The highest BCUT2D eigenvalue weighted by atomic mass is 16.6.